The van der Waals surface area contributed by atoms with Crippen LogP contribution in [0.2, 0.25) is 0 Å². The third-order valence-corrected chi connectivity index (χ3v) is 2.74. The summed E-state index contributed by atoms with van der Waals surface area (Å²) < 4.78 is 5.26. The Hall–Kier alpha value is -2.49. The summed E-state index contributed by atoms with van der Waals surface area (Å²) in [5.41, 5.74) is 3.21. The number of nitrogens with zero attached hydrogens (tertiary/aromatic N) is 1. The van der Waals surface area contributed by atoms with Gasteiger partial charge in [-0.1, -0.05) is 12.1 Å². The van der Waals surface area contributed by atoms with Crippen molar-refractivity contribution in [3.8, 4) is 11.3 Å². The molecule has 90 valence electrons. The predicted octanol–water partition coefficient (Wildman–Crippen LogP) is 3.28. The van der Waals surface area contributed by atoms with Crippen LogP contribution >= 0.6 is 0 Å². The average Bonchev–Trinajstić information content (AvgIpc) is 3.10. The van der Waals surface area contributed by atoms with Crippen molar-refractivity contribution in [2.75, 3.05) is 5.32 Å². The summed E-state index contributed by atoms with van der Waals surface area (Å²) in [5.74, 6) is 0.924. The molecule has 0 saturated heterocycles. The monoisotopic (exact) mass is 239 g/mol. The Balaban J connectivity index is 1.68. The number of anilines is 1. The standard InChI is InChI=1S/C14H13N3O/c1-2-13(18-7-1)8-16-12-5-3-11(4-6-12)14-9-15-10-17-14/h1-7,9-10,16H,8H2,(H,15,17). The molecule has 1 aromatic carbocycles. The Morgan fingerprint density at radius 2 is 2.06 bits per heavy atom. The minimum atomic E-state index is 0.691. The fourth-order valence-electron chi connectivity index (χ4n) is 1.78. The Morgan fingerprint density at radius 3 is 2.72 bits per heavy atom. The first-order valence-electron chi connectivity index (χ1n) is 5.77. The van der Waals surface area contributed by atoms with Crippen LogP contribution in [0.5, 0.6) is 0 Å². The number of aromatic amines is 1. The van der Waals surface area contributed by atoms with E-state index in [1.54, 1.807) is 12.6 Å². The van der Waals surface area contributed by atoms with Crippen molar-refractivity contribution in [1.29, 1.82) is 0 Å². The van der Waals surface area contributed by atoms with Gasteiger partial charge in [-0.3, -0.25) is 0 Å². The van der Waals surface area contributed by atoms with Gasteiger partial charge in [0.25, 0.3) is 0 Å². The van der Waals surface area contributed by atoms with Gasteiger partial charge in [-0.2, -0.15) is 0 Å². The molecule has 0 atom stereocenters. The highest BCUT2D eigenvalue weighted by molar-refractivity contribution is 5.61. The highest BCUT2D eigenvalue weighted by Crippen LogP contribution is 2.19. The van der Waals surface area contributed by atoms with E-state index in [1.807, 2.05) is 30.5 Å². The van der Waals surface area contributed by atoms with E-state index in [9.17, 15) is 0 Å². The molecule has 0 aliphatic carbocycles. The lowest BCUT2D eigenvalue weighted by Gasteiger charge is -2.05. The van der Waals surface area contributed by atoms with E-state index >= 15 is 0 Å². The van der Waals surface area contributed by atoms with Gasteiger partial charge < -0.3 is 14.7 Å². The summed E-state index contributed by atoms with van der Waals surface area (Å²) in [6.45, 7) is 0.691. The summed E-state index contributed by atoms with van der Waals surface area (Å²) in [6.07, 6.45) is 5.17. The van der Waals surface area contributed by atoms with E-state index in [2.05, 4.69) is 27.4 Å². The topological polar surface area (TPSA) is 53.9 Å². The summed E-state index contributed by atoms with van der Waals surface area (Å²) >= 11 is 0. The third-order valence-electron chi connectivity index (χ3n) is 2.74. The maximum Gasteiger partial charge on any atom is 0.122 e. The molecular weight excluding hydrogens is 226 g/mol. The van der Waals surface area contributed by atoms with Gasteiger partial charge in [-0.15, -0.1) is 0 Å². The zero-order valence-electron chi connectivity index (χ0n) is 9.76. The molecule has 2 N–H and O–H groups in total. The lowest BCUT2D eigenvalue weighted by atomic mass is 10.1. The van der Waals surface area contributed by atoms with Crippen molar-refractivity contribution in [3.05, 3.63) is 60.9 Å². The molecule has 2 aromatic heterocycles. The zero-order valence-corrected chi connectivity index (χ0v) is 9.76. The average molecular weight is 239 g/mol. The smallest absolute Gasteiger partial charge is 0.122 e. The van der Waals surface area contributed by atoms with Gasteiger partial charge in [0.05, 0.1) is 31.0 Å². The van der Waals surface area contributed by atoms with Crippen molar-refractivity contribution in [3.63, 3.8) is 0 Å². The number of hydrogen-bond acceptors (Lipinski definition) is 3. The van der Waals surface area contributed by atoms with E-state index in [4.69, 9.17) is 4.42 Å². The van der Waals surface area contributed by atoms with Crippen molar-refractivity contribution in [2.45, 2.75) is 6.54 Å². The highest BCUT2D eigenvalue weighted by Gasteiger charge is 1.99. The fourth-order valence-corrected chi connectivity index (χ4v) is 1.78. The van der Waals surface area contributed by atoms with E-state index < -0.39 is 0 Å². The summed E-state index contributed by atoms with van der Waals surface area (Å²) in [7, 11) is 0. The predicted molar refractivity (Wildman–Crippen MR) is 70.1 cm³/mol. The van der Waals surface area contributed by atoms with Gasteiger partial charge in [0.15, 0.2) is 0 Å². The summed E-state index contributed by atoms with van der Waals surface area (Å²) in [4.78, 5) is 7.09. The molecule has 0 saturated carbocycles. The molecule has 0 fully saturated rings. The molecule has 0 unspecified atom stereocenters. The third kappa shape index (κ3) is 2.27. The number of H-pyrrole nitrogens is 1. The minimum absolute atomic E-state index is 0.691. The van der Waals surface area contributed by atoms with Crippen LogP contribution < -0.4 is 5.32 Å². The quantitative estimate of drug-likeness (QED) is 0.734. The highest BCUT2D eigenvalue weighted by atomic mass is 16.3. The maximum atomic E-state index is 5.26. The van der Waals surface area contributed by atoms with Gasteiger partial charge in [-0.05, 0) is 29.8 Å². The van der Waals surface area contributed by atoms with Gasteiger partial charge in [-0.25, -0.2) is 4.98 Å². The first-order valence-corrected chi connectivity index (χ1v) is 5.77. The van der Waals surface area contributed by atoms with Crippen molar-refractivity contribution in [2.24, 2.45) is 0 Å². The van der Waals surface area contributed by atoms with Gasteiger partial charge >= 0.3 is 0 Å². The molecule has 0 aliphatic rings. The van der Waals surface area contributed by atoms with Crippen molar-refractivity contribution < 1.29 is 4.42 Å². The van der Waals surface area contributed by atoms with Crippen LogP contribution in [0.4, 0.5) is 5.69 Å². The van der Waals surface area contributed by atoms with E-state index in [1.165, 1.54) is 0 Å². The minimum Gasteiger partial charge on any atom is -0.467 e. The van der Waals surface area contributed by atoms with Crippen molar-refractivity contribution >= 4 is 5.69 Å². The number of hydrogen-bond donors (Lipinski definition) is 2. The fraction of sp³-hybridized carbons (Fsp3) is 0.0714. The number of imidazole rings is 1. The molecule has 4 heteroatoms. The van der Waals surface area contributed by atoms with Crippen LogP contribution in [0.25, 0.3) is 11.3 Å². The summed E-state index contributed by atoms with van der Waals surface area (Å²) in [5, 5.41) is 3.30. The van der Waals surface area contributed by atoms with Crippen molar-refractivity contribution in [1.82, 2.24) is 9.97 Å². The second-order valence-corrected chi connectivity index (χ2v) is 3.98. The zero-order chi connectivity index (χ0) is 12.2. The van der Waals surface area contributed by atoms with Crippen LogP contribution in [0, 0.1) is 0 Å². The number of benzene rings is 1. The van der Waals surface area contributed by atoms with Crippen LogP contribution in [-0.4, -0.2) is 9.97 Å². The van der Waals surface area contributed by atoms with Crippen LogP contribution in [0.15, 0.2) is 59.6 Å². The molecule has 3 aromatic rings. The molecule has 0 radical (unpaired) electrons. The van der Waals surface area contributed by atoms with Crippen LogP contribution in [0.3, 0.4) is 0 Å². The molecule has 0 aliphatic heterocycles. The lowest BCUT2D eigenvalue weighted by molar-refractivity contribution is 0.518. The second kappa shape index (κ2) is 4.79. The molecule has 0 amide bonds. The van der Waals surface area contributed by atoms with E-state index in [0.717, 1.165) is 22.7 Å². The molecule has 2 heterocycles. The first-order chi connectivity index (χ1) is 8.92. The van der Waals surface area contributed by atoms with Crippen LogP contribution in [0.1, 0.15) is 5.76 Å². The molecule has 3 rings (SSSR count). The molecule has 0 spiro atoms. The Kier molecular flexibility index (Phi) is 2.84. The number of furan rings is 1. The second-order valence-electron chi connectivity index (χ2n) is 3.98. The van der Waals surface area contributed by atoms with Gasteiger partial charge in [0, 0.05) is 5.69 Å². The Morgan fingerprint density at radius 1 is 1.17 bits per heavy atom. The number of nitrogens with one attached hydrogen (secondary N) is 2. The molecule has 4 nitrogen and oxygen atoms in total. The first kappa shape index (κ1) is 10.7. The SMILES string of the molecule is c1coc(CNc2ccc(-c3cnc[nH]3)cc2)c1. The Bertz CT molecular complexity index is 583. The lowest BCUT2D eigenvalue weighted by Crippen LogP contribution is -1.97. The number of aromatic nitrogens is 2. The van der Waals surface area contributed by atoms with Gasteiger partial charge in [0.2, 0.25) is 0 Å². The van der Waals surface area contributed by atoms with E-state index in [0.29, 0.717) is 6.54 Å². The molecular formula is C14H13N3O. The Labute approximate surface area is 105 Å². The maximum absolute atomic E-state index is 5.26. The van der Waals surface area contributed by atoms with Crippen LogP contribution in [-0.2, 0) is 6.54 Å². The largest absolute Gasteiger partial charge is 0.467 e. The van der Waals surface area contributed by atoms with Gasteiger partial charge in [0.1, 0.15) is 5.76 Å². The normalized spacial score (nSPS) is 10.4. The number of rotatable bonds is 4. The molecule has 0 bridgehead atoms. The molecule has 18 heavy (non-hydrogen) atoms. The van der Waals surface area contributed by atoms with E-state index in [-0.39, 0.29) is 0 Å². The summed E-state index contributed by atoms with van der Waals surface area (Å²) in [6, 6.07) is 12.0.